The summed E-state index contributed by atoms with van der Waals surface area (Å²) in [6.07, 6.45) is 12.6. The SMILES string of the molecule is C=C(c1ccccc1)C1CCC2(CCC(Cc3cccc(C)c3)CC2)CC1. The lowest BCUT2D eigenvalue weighted by Crippen LogP contribution is -2.32. The molecule has 2 aliphatic rings. The molecule has 2 aromatic rings. The molecule has 0 heterocycles. The smallest absolute Gasteiger partial charge is 0.0161 e. The van der Waals surface area contributed by atoms with Crippen LogP contribution in [0.15, 0.2) is 61.2 Å². The molecule has 27 heavy (non-hydrogen) atoms. The fourth-order valence-electron chi connectivity index (χ4n) is 5.63. The van der Waals surface area contributed by atoms with Crippen molar-refractivity contribution in [2.24, 2.45) is 17.3 Å². The van der Waals surface area contributed by atoms with Gasteiger partial charge in [-0.25, -0.2) is 0 Å². The van der Waals surface area contributed by atoms with E-state index in [-0.39, 0.29) is 0 Å². The molecule has 0 radical (unpaired) electrons. The average molecular weight is 359 g/mol. The quantitative estimate of drug-likeness (QED) is 0.527. The Morgan fingerprint density at radius 3 is 2.22 bits per heavy atom. The molecule has 2 aliphatic carbocycles. The predicted molar refractivity (Wildman–Crippen MR) is 117 cm³/mol. The van der Waals surface area contributed by atoms with Crippen LogP contribution in [0.3, 0.4) is 0 Å². The molecule has 0 heteroatoms. The second-order valence-electron chi connectivity index (χ2n) is 9.30. The molecule has 0 aliphatic heterocycles. The normalized spacial score (nSPS) is 28.2. The topological polar surface area (TPSA) is 0 Å². The maximum Gasteiger partial charge on any atom is -0.0161 e. The molecule has 2 fully saturated rings. The molecule has 0 saturated heterocycles. The Hall–Kier alpha value is -1.82. The first-order chi connectivity index (χ1) is 13.1. The number of allylic oxidation sites excluding steroid dienone is 1. The molecule has 2 aromatic carbocycles. The second-order valence-corrected chi connectivity index (χ2v) is 9.30. The number of aryl methyl sites for hydroxylation is 1. The maximum atomic E-state index is 4.45. The van der Waals surface area contributed by atoms with Crippen LogP contribution in [-0.4, -0.2) is 0 Å². The summed E-state index contributed by atoms with van der Waals surface area (Å²) in [6, 6.07) is 20.0. The molecule has 0 aromatic heterocycles. The lowest BCUT2D eigenvalue weighted by atomic mass is 9.60. The third kappa shape index (κ3) is 4.37. The Bertz CT molecular complexity index is 752. The number of hydrogen-bond acceptors (Lipinski definition) is 0. The first-order valence-electron chi connectivity index (χ1n) is 10.9. The van der Waals surface area contributed by atoms with Gasteiger partial charge in [0.2, 0.25) is 0 Å². The van der Waals surface area contributed by atoms with Gasteiger partial charge in [-0.05, 0) is 98.7 Å². The van der Waals surface area contributed by atoms with Crippen molar-refractivity contribution in [3.8, 4) is 0 Å². The van der Waals surface area contributed by atoms with Crippen molar-refractivity contribution in [1.29, 1.82) is 0 Å². The summed E-state index contributed by atoms with van der Waals surface area (Å²) in [5.41, 5.74) is 6.31. The first-order valence-corrected chi connectivity index (χ1v) is 10.9. The van der Waals surface area contributed by atoms with E-state index in [0.717, 1.165) is 5.92 Å². The first kappa shape index (κ1) is 18.5. The minimum Gasteiger partial charge on any atom is -0.0950 e. The molecule has 0 N–H and O–H groups in total. The molecule has 0 unspecified atom stereocenters. The van der Waals surface area contributed by atoms with Gasteiger partial charge in [-0.15, -0.1) is 0 Å². The maximum absolute atomic E-state index is 4.45. The van der Waals surface area contributed by atoms with Crippen LogP contribution in [0.2, 0.25) is 0 Å². The zero-order valence-electron chi connectivity index (χ0n) is 16.9. The average Bonchev–Trinajstić information content (AvgIpc) is 2.71. The Balaban J connectivity index is 1.29. The van der Waals surface area contributed by atoms with Crippen molar-refractivity contribution in [2.45, 2.75) is 64.7 Å². The number of benzene rings is 2. The van der Waals surface area contributed by atoms with E-state index in [4.69, 9.17) is 0 Å². The van der Waals surface area contributed by atoms with Crippen molar-refractivity contribution < 1.29 is 0 Å². The Kier molecular flexibility index (Phi) is 5.53. The van der Waals surface area contributed by atoms with E-state index in [1.165, 1.54) is 74.5 Å². The summed E-state index contributed by atoms with van der Waals surface area (Å²) in [4.78, 5) is 0. The van der Waals surface area contributed by atoms with Crippen LogP contribution in [0.25, 0.3) is 5.57 Å². The van der Waals surface area contributed by atoms with Crippen molar-refractivity contribution in [3.63, 3.8) is 0 Å². The highest BCUT2D eigenvalue weighted by molar-refractivity contribution is 5.65. The highest BCUT2D eigenvalue weighted by Crippen LogP contribution is 2.52. The van der Waals surface area contributed by atoms with Gasteiger partial charge >= 0.3 is 0 Å². The summed E-state index contributed by atoms with van der Waals surface area (Å²) < 4.78 is 0. The molecular weight excluding hydrogens is 324 g/mol. The zero-order chi connectivity index (χ0) is 18.7. The summed E-state index contributed by atoms with van der Waals surface area (Å²) >= 11 is 0. The van der Waals surface area contributed by atoms with E-state index >= 15 is 0 Å². The molecule has 142 valence electrons. The molecule has 0 nitrogen and oxygen atoms in total. The van der Waals surface area contributed by atoms with Gasteiger partial charge in [0.25, 0.3) is 0 Å². The third-order valence-corrected chi connectivity index (χ3v) is 7.46. The van der Waals surface area contributed by atoms with Gasteiger partial charge in [0.05, 0.1) is 0 Å². The van der Waals surface area contributed by atoms with E-state index < -0.39 is 0 Å². The minimum atomic E-state index is 0.649. The molecule has 0 bridgehead atoms. The monoisotopic (exact) mass is 358 g/mol. The lowest BCUT2D eigenvalue weighted by Gasteiger charge is -2.45. The summed E-state index contributed by atoms with van der Waals surface area (Å²) in [5, 5.41) is 0. The van der Waals surface area contributed by atoms with E-state index in [9.17, 15) is 0 Å². The molecule has 1 spiro atoms. The Morgan fingerprint density at radius 2 is 1.56 bits per heavy atom. The van der Waals surface area contributed by atoms with Crippen LogP contribution < -0.4 is 0 Å². The van der Waals surface area contributed by atoms with Crippen molar-refractivity contribution in [1.82, 2.24) is 0 Å². The highest BCUT2D eigenvalue weighted by Gasteiger charge is 2.38. The molecule has 0 amide bonds. The van der Waals surface area contributed by atoms with Crippen LogP contribution >= 0.6 is 0 Å². The fraction of sp³-hybridized carbons (Fsp3) is 0.481. The molecular formula is C27H34. The van der Waals surface area contributed by atoms with E-state index in [0.29, 0.717) is 11.3 Å². The zero-order valence-corrected chi connectivity index (χ0v) is 16.9. The lowest BCUT2D eigenvalue weighted by molar-refractivity contribution is 0.0860. The minimum absolute atomic E-state index is 0.649. The molecule has 2 saturated carbocycles. The van der Waals surface area contributed by atoms with Crippen molar-refractivity contribution in [2.75, 3.05) is 0 Å². The standard InChI is InChI=1S/C27H34/c1-21-7-6-8-24(19-21)20-23-11-15-27(16-12-23)17-13-26(14-18-27)22(2)25-9-4-3-5-10-25/h3-10,19,23,26H,2,11-18,20H2,1H3. The van der Waals surface area contributed by atoms with Gasteiger partial charge in [-0.3, -0.25) is 0 Å². The third-order valence-electron chi connectivity index (χ3n) is 7.46. The van der Waals surface area contributed by atoms with Crippen LogP contribution in [0.4, 0.5) is 0 Å². The van der Waals surface area contributed by atoms with Crippen LogP contribution in [-0.2, 0) is 6.42 Å². The fourth-order valence-corrected chi connectivity index (χ4v) is 5.63. The highest BCUT2D eigenvalue weighted by atomic mass is 14.4. The van der Waals surface area contributed by atoms with Crippen LogP contribution in [0.5, 0.6) is 0 Å². The summed E-state index contributed by atoms with van der Waals surface area (Å²) in [5.74, 6) is 1.59. The summed E-state index contributed by atoms with van der Waals surface area (Å²) in [6.45, 7) is 6.66. The largest absolute Gasteiger partial charge is 0.0950 e. The van der Waals surface area contributed by atoms with Gasteiger partial charge in [0.15, 0.2) is 0 Å². The molecule has 0 atom stereocenters. The van der Waals surface area contributed by atoms with Gasteiger partial charge in [0.1, 0.15) is 0 Å². The number of rotatable bonds is 4. The van der Waals surface area contributed by atoms with E-state index in [1.54, 1.807) is 5.56 Å². The molecule has 4 rings (SSSR count). The van der Waals surface area contributed by atoms with Gasteiger partial charge < -0.3 is 0 Å². The number of hydrogen-bond donors (Lipinski definition) is 0. The van der Waals surface area contributed by atoms with E-state index in [1.807, 2.05) is 0 Å². The van der Waals surface area contributed by atoms with E-state index in [2.05, 4.69) is 68.1 Å². The van der Waals surface area contributed by atoms with Crippen LogP contribution in [0, 0.1) is 24.2 Å². The Morgan fingerprint density at radius 1 is 0.889 bits per heavy atom. The second kappa shape index (κ2) is 8.05. The Labute approximate surface area is 165 Å². The van der Waals surface area contributed by atoms with Crippen LogP contribution in [0.1, 0.15) is 68.1 Å². The van der Waals surface area contributed by atoms with Gasteiger partial charge in [-0.1, -0.05) is 66.7 Å². The van der Waals surface area contributed by atoms with Crippen molar-refractivity contribution in [3.05, 3.63) is 77.9 Å². The van der Waals surface area contributed by atoms with Crippen molar-refractivity contribution >= 4 is 5.57 Å². The van der Waals surface area contributed by atoms with Gasteiger partial charge in [0, 0.05) is 0 Å². The predicted octanol–water partition coefficient (Wildman–Crippen LogP) is 7.62. The summed E-state index contributed by atoms with van der Waals surface area (Å²) in [7, 11) is 0. The van der Waals surface area contributed by atoms with Gasteiger partial charge in [-0.2, -0.15) is 0 Å².